The van der Waals surface area contributed by atoms with E-state index in [1.807, 2.05) is 13.8 Å². The highest BCUT2D eigenvalue weighted by Crippen LogP contribution is 2.20. The molecule has 1 aliphatic heterocycles. The van der Waals surface area contributed by atoms with Crippen LogP contribution in [0.15, 0.2) is 4.52 Å². The van der Waals surface area contributed by atoms with E-state index in [1.54, 1.807) is 0 Å². The zero-order valence-electron chi connectivity index (χ0n) is 10.6. The molecule has 5 nitrogen and oxygen atoms in total. The molecule has 1 aromatic rings. The summed E-state index contributed by atoms with van der Waals surface area (Å²) in [6.45, 7) is 6.58. The lowest BCUT2D eigenvalue weighted by atomic mass is 9.93. The Hall–Kier alpha value is -0.940. The van der Waals surface area contributed by atoms with Crippen molar-refractivity contribution in [2.45, 2.75) is 45.8 Å². The Balaban J connectivity index is 1.90. The van der Waals surface area contributed by atoms with Crippen LogP contribution in [0.5, 0.6) is 0 Å². The van der Waals surface area contributed by atoms with Crippen molar-refractivity contribution < 1.29 is 9.63 Å². The largest absolute Gasteiger partial charge is 0.393 e. The summed E-state index contributed by atoms with van der Waals surface area (Å²) in [4.78, 5) is 6.61. The normalized spacial score (nSPS) is 23.8. The lowest BCUT2D eigenvalue weighted by Gasteiger charge is -2.33. The Morgan fingerprint density at radius 2 is 2.41 bits per heavy atom. The molecule has 0 aromatic carbocycles. The molecular formula is C12H21N3O2. The molecular weight excluding hydrogens is 218 g/mol. The number of aliphatic hydroxyl groups is 1. The highest BCUT2D eigenvalue weighted by Gasteiger charge is 2.24. The monoisotopic (exact) mass is 239 g/mol. The summed E-state index contributed by atoms with van der Waals surface area (Å²) in [6, 6.07) is 0. The predicted octanol–water partition coefficient (Wildman–Crippen LogP) is 1.22. The second kappa shape index (κ2) is 5.60. The fourth-order valence-corrected chi connectivity index (χ4v) is 2.33. The van der Waals surface area contributed by atoms with Gasteiger partial charge < -0.3 is 9.63 Å². The first-order valence-electron chi connectivity index (χ1n) is 6.41. The molecule has 2 heterocycles. The zero-order valence-corrected chi connectivity index (χ0v) is 10.6. The van der Waals surface area contributed by atoms with E-state index in [9.17, 15) is 5.11 Å². The summed E-state index contributed by atoms with van der Waals surface area (Å²) in [7, 11) is 0. The molecule has 0 spiro atoms. The minimum Gasteiger partial charge on any atom is -0.393 e. The topological polar surface area (TPSA) is 62.4 Å². The van der Waals surface area contributed by atoms with Crippen LogP contribution in [0.25, 0.3) is 0 Å². The molecule has 96 valence electrons. The van der Waals surface area contributed by atoms with Crippen molar-refractivity contribution in [2.75, 3.05) is 13.1 Å². The van der Waals surface area contributed by atoms with Gasteiger partial charge in [0, 0.05) is 13.0 Å². The average Bonchev–Trinajstić information content (AvgIpc) is 2.77. The molecule has 1 saturated heterocycles. The first-order valence-corrected chi connectivity index (χ1v) is 6.41. The van der Waals surface area contributed by atoms with E-state index in [2.05, 4.69) is 15.0 Å². The molecule has 2 rings (SSSR count). The van der Waals surface area contributed by atoms with Gasteiger partial charge in [-0.25, -0.2) is 0 Å². The number of aryl methyl sites for hydroxylation is 1. The van der Waals surface area contributed by atoms with Gasteiger partial charge in [-0.1, -0.05) is 12.1 Å². The van der Waals surface area contributed by atoms with Gasteiger partial charge in [0.15, 0.2) is 5.82 Å². The van der Waals surface area contributed by atoms with Crippen molar-refractivity contribution in [1.82, 2.24) is 15.0 Å². The maximum atomic E-state index is 9.63. The molecule has 1 N–H and O–H groups in total. The molecule has 1 fully saturated rings. The standard InChI is InChI=1S/C12H21N3O2/c1-3-12-13-11(14-17-12)8-15-6-4-5-10(7-15)9(2)16/h9-10,16H,3-8H2,1-2H3. The van der Waals surface area contributed by atoms with Crippen LogP contribution >= 0.6 is 0 Å². The van der Waals surface area contributed by atoms with E-state index < -0.39 is 0 Å². The first-order chi connectivity index (χ1) is 8.19. The summed E-state index contributed by atoms with van der Waals surface area (Å²) < 4.78 is 5.09. The minimum atomic E-state index is -0.228. The van der Waals surface area contributed by atoms with E-state index in [0.717, 1.165) is 44.7 Å². The van der Waals surface area contributed by atoms with E-state index >= 15 is 0 Å². The van der Waals surface area contributed by atoms with Crippen molar-refractivity contribution in [3.05, 3.63) is 11.7 Å². The van der Waals surface area contributed by atoms with Gasteiger partial charge in [-0.3, -0.25) is 4.90 Å². The van der Waals surface area contributed by atoms with Gasteiger partial charge in [-0.2, -0.15) is 4.98 Å². The van der Waals surface area contributed by atoms with Crippen LogP contribution in [-0.2, 0) is 13.0 Å². The maximum absolute atomic E-state index is 9.63. The van der Waals surface area contributed by atoms with E-state index in [-0.39, 0.29) is 6.10 Å². The predicted molar refractivity (Wildman–Crippen MR) is 63.4 cm³/mol. The van der Waals surface area contributed by atoms with Gasteiger partial charge in [0.1, 0.15) is 0 Å². The molecule has 1 aromatic heterocycles. The summed E-state index contributed by atoms with van der Waals surface area (Å²) in [5.74, 6) is 1.83. The van der Waals surface area contributed by atoms with E-state index in [0.29, 0.717) is 11.8 Å². The average molecular weight is 239 g/mol. The van der Waals surface area contributed by atoms with Crippen LogP contribution in [0.4, 0.5) is 0 Å². The molecule has 2 atom stereocenters. The van der Waals surface area contributed by atoms with Crippen molar-refractivity contribution >= 4 is 0 Å². The number of aliphatic hydroxyl groups excluding tert-OH is 1. The van der Waals surface area contributed by atoms with Crippen LogP contribution in [0.1, 0.15) is 38.4 Å². The Labute approximate surface area is 102 Å². The van der Waals surface area contributed by atoms with Gasteiger partial charge in [0.2, 0.25) is 5.89 Å². The molecule has 1 aliphatic rings. The van der Waals surface area contributed by atoms with Crippen LogP contribution in [0.2, 0.25) is 0 Å². The van der Waals surface area contributed by atoms with E-state index in [4.69, 9.17) is 4.52 Å². The number of likely N-dealkylation sites (tertiary alicyclic amines) is 1. The molecule has 0 radical (unpaired) electrons. The third-order valence-electron chi connectivity index (χ3n) is 3.40. The summed E-state index contributed by atoms with van der Waals surface area (Å²) in [5.41, 5.74) is 0. The van der Waals surface area contributed by atoms with Gasteiger partial charge in [0.25, 0.3) is 0 Å². The van der Waals surface area contributed by atoms with E-state index in [1.165, 1.54) is 0 Å². The number of hydrogen-bond acceptors (Lipinski definition) is 5. The molecule has 0 aliphatic carbocycles. The molecule has 17 heavy (non-hydrogen) atoms. The van der Waals surface area contributed by atoms with Gasteiger partial charge >= 0.3 is 0 Å². The van der Waals surface area contributed by atoms with Gasteiger partial charge in [-0.15, -0.1) is 0 Å². The molecule has 0 bridgehead atoms. The lowest BCUT2D eigenvalue weighted by molar-refractivity contribution is 0.0586. The van der Waals surface area contributed by atoms with Crippen LogP contribution in [0.3, 0.4) is 0 Å². The number of nitrogens with zero attached hydrogens (tertiary/aromatic N) is 3. The van der Waals surface area contributed by atoms with Crippen molar-refractivity contribution in [3.63, 3.8) is 0 Å². The third-order valence-corrected chi connectivity index (χ3v) is 3.40. The van der Waals surface area contributed by atoms with Gasteiger partial charge in [-0.05, 0) is 32.2 Å². The second-order valence-electron chi connectivity index (χ2n) is 4.84. The lowest BCUT2D eigenvalue weighted by Crippen LogP contribution is -2.39. The SMILES string of the molecule is CCc1nc(CN2CCCC(C(C)O)C2)no1. The quantitative estimate of drug-likeness (QED) is 0.856. The third kappa shape index (κ3) is 3.26. The molecule has 2 unspecified atom stereocenters. The van der Waals surface area contributed by atoms with Crippen LogP contribution in [-0.4, -0.2) is 39.3 Å². The highest BCUT2D eigenvalue weighted by atomic mass is 16.5. The zero-order chi connectivity index (χ0) is 12.3. The Kier molecular flexibility index (Phi) is 4.12. The maximum Gasteiger partial charge on any atom is 0.226 e. The Morgan fingerprint density at radius 3 is 3.06 bits per heavy atom. The van der Waals surface area contributed by atoms with Crippen LogP contribution in [0, 0.1) is 5.92 Å². The number of aromatic nitrogens is 2. The molecule has 0 saturated carbocycles. The summed E-state index contributed by atoms with van der Waals surface area (Å²) in [5, 5.41) is 13.6. The van der Waals surface area contributed by atoms with Crippen LogP contribution < -0.4 is 0 Å². The fourth-order valence-electron chi connectivity index (χ4n) is 2.33. The Morgan fingerprint density at radius 1 is 1.59 bits per heavy atom. The fraction of sp³-hybridized carbons (Fsp3) is 0.833. The molecule has 5 heteroatoms. The smallest absolute Gasteiger partial charge is 0.226 e. The first kappa shape index (κ1) is 12.5. The van der Waals surface area contributed by atoms with Crippen molar-refractivity contribution in [2.24, 2.45) is 5.92 Å². The van der Waals surface area contributed by atoms with Gasteiger partial charge in [0.05, 0.1) is 12.6 Å². The number of hydrogen-bond donors (Lipinski definition) is 1. The van der Waals surface area contributed by atoms with Crippen molar-refractivity contribution in [3.8, 4) is 0 Å². The summed E-state index contributed by atoms with van der Waals surface area (Å²) >= 11 is 0. The summed E-state index contributed by atoms with van der Waals surface area (Å²) in [6.07, 6.45) is 2.80. The minimum absolute atomic E-state index is 0.228. The molecule has 0 amide bonds. The number of piperidine rings is 1. The van der Waals surface area contributed by atoms with Crippen molar-refractivity contribution in [1.29, 1.82) is 0 Å². The number of rotatable bonds is 4. The Bertz CT molecular complexity index is 351. The second-order valence-corrected chi connectivity index (χ2v) is 4.84. The highest BCUT2D eigenvalue weighted by molar-refractivity contribution is 4.87.